The first-order chi connectivity index (χ1) is 7.35. The lowest BCUT2D eigenvalue weighted by Gasteiger charge is -2.12. The Morgan fingerprint density at radius 2 is 2.06 bits per heavy atom. The molecule has 0 aliphatic rings. The Balaban J connectivity index is 2.89. The van der Waals surface area contributed by atoms with Crippen molar-refractivity contribution < 1.29 is 8.42 Å². The zero-order valence-corrected chi connectivity index (χ0v) is 11.0. The first-order valence-corrected chi connectivity index (χ1v) is 7.27. The summed E-state index contributed by atoms with van der Waals surface area (Å²) >= 11 is 5.89. The number of nitrogens with two attached hydrogens (primary N) is 1. The van der Waals surface area contributed by atoms with Gasteiger partial charge in [-0.15, -0.1) is 0 Å². The standard InChI is InChI=1S/C11H16ClNO2S/c1-3-16(14,15)7-11(13)9-4-5-10(12)8(2)6-9/h4-6,11H,3,7,13H2,1-2H3. The molecule has 0 amide bonds. The summed E-state index contributed by atoms with van der Waals surface area (Å²) in [7, 11) is -3.05. The molecule has 1 rings (SSSR count). The van der Waals surface area contributed by atoms with Gasteiger partial charge in [0.25, 0.3) is 0 Å². The van der Waals surface area contributed by atoms with Crippen LogP contribution < -0.4 is 5.73 Å². The normalized spacial score (nSPS) is 13.8. The van der Waals surface area contributed by atoms with Crippen LogP contribution in [0.5, 0.6) is 0 Å². The van der Waals surface area contributed by atoms with E-state index in [1.165, 1.54) is 0 Å². The van der Waals surface area contributed by atoms with E-state index < -0.39 is 15.9 Å². The summed E-state index contributed by atoms with van der Waals surface area (Å²) in [6.45, 7) is 3.49. The van der Waals surface area contributed by atoms with Gasteiger partial charge in [-0.3, -0.25) is 0 Å². The van der Waals surface area contributed by atoms with Gasteiger partial charge in [-0.05, 0) is 24.1 Å². The molecular weight excluding hydrogens is 246 g/mol. The van der Waals surface area contributed by atoms with Crippen LogP contribution in [0, 0.1) is 6.92 Å². The van der Waals surface area contributed by atoms with Crippen molar-refractivity contribution in [2.45, 2.75) is 19.9 Å². The number of halogens is 1. The average molecular weight is 262 g/mol. The molecule has 0 saturated heterocycles. The Bertz CT molecular complexity index is 471. The smallest absolute Gasteiger partial charge is 0.151 e. The highest BCUT2D eigenvalue weighted by molar-refractivity contribution is 7.91. The Labute approximate surface area is 102 Å². The Morgan fingerprint density at radius 1 is 1.44 bits per heavy atom. The highest BCUT2D eigenvalue weighted by Gasteiger charge is 2.16. The number of benzene rings is 1. The van der Waals surface area contributed by atoms with Crippen LogP contribution in [0.4, 0.5) is 0 Å². The zero-order valence-electron chi connectivity index (χ0n) is 9.40. The van der Waals surface area contributed by atoms with Crippen molar-refractivity contribution >= 4 is 21.4 Å². The number of sulfone groups is 1. The predicted molar refractivity (Wildman–Crippen MR) is 67.4 cm³/mol. The minimum absolute atomic E-state index is 0.0232. The van der Waals surface area contributed by atoms with Gasteiger partial charge >= 0.3 is 0 Å². The molecule has 0 aromatic heterocycles. The van der Waals surface area contributed by atoms with Crippen LogP contribution in [0.25, 0.3) is 0 Å². The fourth-order valence-corrected chi connectivity index (χ4v) is 2.48. The van der Waals surface area contributed by atoms with Gasteiger partial charge in [0.2, 0.25) is 0 Å². The SMILES string of the molecule is CCS(=O)(=O)CC(N)c1ccc(Cl)c(C)c1. The van der Waals surface area contributed by atoms with E-state index in [0.717, 1.165) is 11.1 Å². The maximum Gasteiger partial charge on any atom is 0.151 e. The quantitative estimate of drug-likeness (QED) is 0.903. The summed E-state index contributed by atoms with van der Waals surface area (Å²) in [6.07, 6.45) is 0. The maximum atomic E-state index is 11.4. The molecule has 0 aliphatic heterocycles. The van der Waals surface area contributed by atoms with Gasteiger partial charge in [0, 0.05) is 16.8 Å². The lowest BCUT2D eigenvalue weighted by molar-refractivity contribution is 0.590. The molecule has 1 atom stereocenters. The largest absolute Gasteiger partial charge is 0.323 e. The summed E-state index contributed by atoms with van der Waals surface area (Å²) in [4.78, 5) is 0. The topological polar surface area (TPSA) is 60.2 Å². The van der Waals surface area contributed by atoms with E-state index in [-0.39, 0.29) is 11.5 Å². The molecule has 1 aromatic rings. The molecule has 0 aliphatic carbocycles. The predicted octanol–water partition coefficient (Wildman–Crippen LogP) is 2.08. The molecule has 0 saturated carbocycles. The van der Waals surface area contributed by atoms with Gasteiger partial charge in [0.05, 0.1) is 5.75 Å². The van der Waals surface area contributed by atoms with E-state index in [1.807, 2.05) is 13.0 Å². The summed E-state index contributed by atoms with van der Waals surface area (Å²) in [5, 5.41) is 0.661. The molecule has 0 spiro atoms. The molecule has 16 heavy (non-hydrogen) atoms. The van der Waals surface area contributed by atoms with E-state index in [2.05, 4.69) is 0 Å². The number of rotatable bonds is 4. The van der Waals surface area contributed by atoms with Gasteiger partial charge in [-0.2, -0.15) is 0 Å². The molecule has 2 N–H and O–H groups in total. The first kappa shape index (κ1) is 13.5. The van der Waals surface area contributed by atoms with Crippen LogP contribution in [0.3, 0.4) is 0 Å². The van der Waals surface area contributed by atoms with Gasteiger partial charge in [-0.1, -0.05) is 30.7 Å². The second kappa shape index (κ2) is 5.17. The second-order valence-corrected chi connectivity index (χ2v) is 6.62. The fraction of sp³-hybridized carbons (Fsp3) is 0.455. The molecule has 0 heterocycles. The van der Waals surface area contributed by atoms with E-state index in [4.69, 9.17) is 17.3 Å². The van der Waals surface area contributed by atoms with Crippen LogP contribution in [0.15, 0.2) is 18.2 Å². The van der Waals surface area contributed by atoms with Gasteiger partial charge in [-0.25, -0.2) is 8.42 Å². The maximum absolute atomic E-state index is 11.4. The minimum Gasteiger partial charge on any atom is -0.323 e. The summed E-state index contributed by atoms with van der Waals surface area (Å²) in [6, 6.07) is 4.86. The summed E-state index contributed by atoms with van der Waals surface area (Å²) in [5.74, 6) is 0.0951. The highest BCUT2D eigenvalue weighted by Crippen LogP contribution is 2.20. The van der Waals surface area contributed by atoms with Crippen LogP contribution >= 0.6 is 11.6 Å². The monoisotopic (exact) mass is 261 g/mol. The third-order valence-electron chi connectivity index (χ3n) is 2.48. The Kier molecular flexibility index (Phi) is 4.35. The molecule has 1 aromatic carbocycles. The third kappa shape index (κ3) is 3.47. The molecule has 0 fully saturated rings. The van der Waals surface area contributed by atoms with Gasteiger partial charge in [0.15, 0.2) is 9.84 Å². The fourth-order valence-electron chi connectivity index (χ4n) is 1.39. The average Bonchev–Trinajstić information content (AvgIpc) is 2.21. The van der Waals surface area contributed by atoms with Crippen molar-refractivity contribution in [3.63, 3.8) is 0 Å². The molecule has 90 valence electrons. The number of aryl methyl sites for hydroxylation is 1. The van der Waals surface area contributed by atoms with E-state index in [1.54, 1.807) is 19.1 Å². The van der Waals surface area contributed by atoms with Crippen molar-refractivity contribution in [1.29, 1.82) is 0 Å². The van der Waals surface area contributed by atoms with E-state index in [0.29, 0.717) is 5.02 Å². The van der Waals surface area contributed by atoms with Gasteiger partial charge in [0.1, 0.15) is 0 Å². The molecule has 1 unspecified atom stereocenters. The highest BCUT2D eigenvalue weighted by atomic mass is 35.5. The Hall–Kier alpha value is -0.580. The molecular formula is C11H16ClNO2S. The van der Waals surface area contributed by atoms with Crippen LogP contribution in [-0.2, 0) is 9.84 Å². The van der Waals surface area contributed by atoms with Crippen molar-refractivity contribution in [3.05, 3.63) is 34.3 Å². The third-order valence-corrected chi connectivity index (χ3v) is 4.65. The van der Waals surface area contributed by atoms with Crippen molar-refractivity contribution in [2.75, 3.05) is 11.5 Å². The number of hydrogen-bond donors (Lipinski definition) is 1. The van der Waals surface area contributed by atoms with Crippen LogP contribution in [-0.4, -0.2) is 19.9 Å². The first-order valence-electron chi connectivity index (χ1n) is 5.08. The zero-order chi connectivity index (χ0) is 12.3. The van der Waals surface area contributed by atoms with Gasteiger partial charge < -0.3 is 5.73 Å². The van der Waals surface area contributed by atoms with Crippen LogP contribution in [0.1, 0.15) is 24.1 Å². The number of hydrogen-bond acceptors (Lipinski definition) is 3. The second-order valence-electron chi connectivity index (χ2n) is 3.81. The van der Waals surface area contributed by atoms with Crippen molar-refractivity contribution in [2.24, 2.45) is 5.73 Å². The van der Waals surface area contributed by atoms with Crippen molar-refractivity contribution in [3.8, 4) is 0 Å². The lowest BCUT2D eigenvalue weighted by Crippen LogP contribution is -2.22. The molecule has 3 nitrogen and oxygen atoms in total. The van der Waals surface area contributed by atoms with Crippen molar-refractivity contribution in [1.82, 2.24) is 0 Å². The minimum atomic E-state index is -3.05. The summed E-state index contributed by atoms with van der Waals surface area (Å²) < 4.78 is 22.9. The van der Waals surface area contributed by atoms with E-state index >= 15 is 0 Å². The Morgan fingerprint density at radius 3 is 2.56 bits per heavy atom. The molecule has 0 radical (unpaired) electrons. The summed E-state index contributed by atoms with van der Waals surface area (Å²) in [5.41, 5.74) is 7.56. The molecule has 5 heteroatoms. The van der Waals surface area contributed by atoms with E-state index in [9.17, 15) is 8.42 Å². The van der Waals surface area contributed by atoms with Crippen LogP contribution in [0.2, 0.25) is 5.02 Å². The lowest BCUT2D eigenvalue weighted by atomic mass is 10.1. The molecule has 0 bridgehead atoms.